The van der Waals surface area contributed by atoms with Gasteiger partial charge in [0.25, 0.3) is 0 Å². The van der Waals surface area contributed by atoms with Crippen LogP contribution in [0, 0.1) is 5.82 Å². The Balaban J connectivity index is 1.55. The van der Waals surface area contributed by atoms with Crippen LogP contribution in [-0.2, 0) is 27.7 Å². The van der Waals surface area contributed by atoms with Crippen LogP contribution in [0.25, 0.3) is 11.4 Å². The minimum atomic E-state index is -3.76. The van der Waals surface area contributed by atoms with Crippen molar-refractivity contribution >= 4 is 15.8 Å². The predicted octanol–water partition coefficient (Wildman–Crippen LogP) is 2.87. The first-order valence-corrected chi connectivity index (χ1v) is 12.0. The second-order valence-electron chi connectivity index (χ2n) is 7.80. The van der Waals surface area contributed by atoms with E-state index in [0.29, 0.717) is 45.1 Å². The number of anilines is 1. The Morgan fingerprint density at radius 2 is 1.62 bits per heavy atom. The number of benzene rings is 2. The minimum absolute atomic E-state index is 0.0806. The summed E-state index contributed by atoms with van der Waals surface area (Å²) in [6.07, 6.45) is 0.482. The van der Waals surface area contributed by atoms with Gasteiger partial charge in [-0.2, -0.15) is 4.31 Å². The van der Waals surface area contributed by atoms with Crippen molar-refractivity contribution in [1.29, 1.82) is 0 Å². The molecule has 2 aromatic carbocycles. The highest BCUT2D eigenvalue weighted by Crippen LogP contribution is 2.32. The summed E-state index contributed by atoms with van der Waals surface area (Å²) < 4.78 is 46.7. The van der Waals surface area contributed by atoms with Gasteiger partial charge < -0.3 is 9.64 Å². The Kier molecular flexibility index (Phi) is 5.62. The number of fused-ring (bicyclic) bond motifs is 1. The second kappa shape index (κ2) is 8.57. The van der Waals surface area contributed by atoms with Crippen molar-refractivity contribution < 1.29 is 17.5 Å². The molecule has 0 amide bonds. The van der Waals surface area contributed by atoms with Crippen LogP contribution in [0.1, 0.15) is 11.3 Å². The van der Waals surface area contributed by atoms with Crippen LogP contribution in [0.5, 0.6) is 0 Å². The first-order valence-electron chi connectivity index (χ1n) is 10.6. The largest absolute Gasteiger partial charge is 0.378 e. The SMILES string of the molecule is O=S(=O)(c1ccc(F)cc1)N1CCc2nc(-c3ccccc3)nc(N3CCOCC3)c2C1. The van der Waals surface area contributed by atoms with Crippen LogP contribution < -0.4 is 4.90 Å². The number of ether oxygens (including phenoxy) is 1. The molecule has 2 aliphatic rings. The standard InChI is InChI=1S/C23H23FN4O3S/c24-18-6-8-19(9-7-18)32(29,30)28-11-10-21-20(16-28)23(27-12-14-31-15-13-27)26-22(25-21)17-4-2-1-3-5-17/h1-9H,10-16H2. The lowest BCUT2D eigenvalue weighted by Crippen LogP contribution is -2.41. The Morgan fingerprint density at radius 3 is 2.34 bits per heavy atom. The maximum absolute atomic E-state index is 13.3. The van der Waals surface area contributed by atoms with Gasteiger partial charge in [0.1, 0.15) is 11.6 Å². The molecule has 0 saturated carbocycles. The summed E-state index contributed by atoms with van der Waals surface area (Å²) >= 11 is 0. The average molecular weight is 455 g/mol. The van der Waals surface area contributed by atoms with Gasteiger partial charge in [-0.25, -0.2) is 22.8 Å². The molecule has 1 saturated heterocycles. The van der Waals surface area contributed by atoms with E-state index in [1.807, 2.05) is 30.3 Å². The van der Waals surface area contributed by atoms with Crippen molar-refractivity contribution in [3.05, 3.63) is 71.7 Å². The van der Waals surface area contributed by atoms with Crippen molar-refractivity contribution in [3.63, 3.8) is 0 Å². The molecule has 0 unspecified atom stereocenters. The van der Waals surface area contributed by atoms with E-state index in [2.05, 4.69) is 4.90 Å². The van der Waals surface area contributed by atoms with E-state index in [1.165, 1.54) is 28.6 Å². The molecule has 0 bridgehead atoms. The molecule has 0 radical (unpaired) electrons. The molecule has 32 heavy (non-hydrogen) atoms. The van der Waals surface area contributed by atoms with E-state index >= 15 is 0 Å². The number of sulfonamides is 1. The smallest absolute Gasteiger partial charge is 0.243 e. The van der Waals surface area contributed by atoms with Crippen LogP contribution in [0.4, 0.5) is 10.2 Å². The maximum atomic E-state index is 13.3. The van der Waals surface area contributed by atoms with Gasteiger partial charge in [0.2, 0.25) is 10.0 Å². The zero-order valence-electron chi connectivity index (χ0n) is 17.4. The van der Waals surface area contributed by atoms with Crippen LogP contribution in [0.15, 0.2) is 59.5 Å². The lowest BCUT2D eigenvalue weighted by atomic mass is 10.1. The topological polar surface area (TPSA) is 75.6 Å². The zero-order valence-corrected chi connectivity index (χ0v) is 18.3. The molecule has 0 spiro atoms. The molecule has 1 fully saturated rings. The van der Waals surface area contributed by atoms with Crippen molar-refractivity contribution in [2.75, 3.05) is 37.7 Å². The Labute approximate surface area is 186 Å². The van der Waals surface area contributed by atoms with Gasteiger partial charge >= 0.3 is 0 Å². The summed E-state index contributed by atoms with van der Waals surface area (Å²) in [4.78, 5) is 11.9. The molecule has 1 aromatic heterocycles. The number of hydrogen-bond donors (Lipinski definition) is 0. The monoisotopic (exact) mass is 454 g/mol. The third kappa shape index (κ3) is 3.99. The Morgan fingerprint density at radius 1 is 0.906 bits per heavy atom. The molecule has 0 N–H and O–H groups in total. The van der Waals surface area contributed by atoms with Gasteiger partial charge in [0, 0.05) is 43.7 Å². The fourth-order valence-electron chi connectivity index (χ4n) is 4.09. The second-order valence-corrected chi connectivity index (χ2v) is 9.74. The van der Waals surface area contributed by atoms with E-state index in [4.69, 9.17) is 14.7 Å². The maximum Gasteiger partial charge on any atom is 0.243 e. The summed E-state index contributed by atoms with van der Waals surface area (Å²) in [5, 5.41) is 0. The van der Waals surface area contributed by atoms with E-state index < -0.39 is 15.8 Å². The predicted molar refractivity (Wildman–Crippen MR) is 118 cm³/mol. The van der Waals surface area contributed by atoms with Gasteiger partial charge in [-0.05, 0) is 24.3 Å². The molecule has 3 aromatic rings. The number of halogens is 1. The average Bonchev–Trinajstić information content (AvgIpc) is 2.84. The molecule has 0 atom stereocenters. The van der Waals surface area contributed by atoms with Crippen LogP contribution in [0.3, 0.4) is 0 Å². The highest BCUT2D eigenvalue weighted by Gasteiger charge is 2.32. The fraction of sp³-hybridized carbons (Fsp3) is 0.304. The lowest BCUT2D eigenvalue weighted by Gasteiger charge is -2.34. The summed E-state index contributed by atoms with van der Waals surface area (Å²) in [5.74, 6) is 0.932. The van der Waals surface area contributed by atoms with Gasteiger partial charge in [0.15, 0.2) is 5.82 Å². The molecule has 9 heteroatoms. The first-order chi connectivity index (χ1) is 15.5. The molecular weight excluding hydrogens is 431 g/mol. The fourth-order valence-corrected chi connectivity index (χ4v) is 5.49. The molecule has 0 aliphatic carbocycles. The highest BCUT2D eigenvalue weighted by molar-refractivity contribution is 7.89. The van der Waals surface area contributed by atoms with Crippen molar-refractivity contribution in [2.24, 2.45) is 0 Å². The van der Waals surface area contributed by atoms with Crippen LogP contribution in [-0.4, -0.2) is 55.5 Å². The van der Waals surface area contributed by atoms with E-state index in [0.717, 1.165) is 22.6 Å². The normalized spacial score (nSPS) is 17.2. The molecule has 3 heterocycles. The molecule has 2 aliphatic heterocycles. The zero-order chi connectivity index (χ0) is 22.1. The third-order valence-electron chi connectivity index (χ3n) is 5.80. The van der Waals surface area contributed by atoms with Gasteiger partial charge in [-0.15, -0.1) is 0 Å². The number of nitrogens with zero attached hydrogens (tertiary/aromatic N) is 4. The van der Waals surface area contributed by atoms with Crippen LogP contribution >= 0.6 is 0 Å². The third-order valence-corrected chi connectivity index (χ3v) is 7.66. The Bertz CT molecular complexity index is 1210. The van der Waals surface area contributed by atoms with E-state index in [1.54, 1.807) is 0 Å². The van der Waals surface area contributed by atoms with E-state index in [9.17, 15) is 12.8 Å². The molecule has 7 nitrogen and oxygen atoms in total. The van der Waals surface area contributed by atoms with Crippen molar-refractivity contribution in [2.45, 2.75) is 17.9 Å². The lowest BCUT2D eigenvalue weighted by molar-refractivity contribution is 0.122. The van der Waals surface area contributed by atoms with Gasteiger partial charge in [0.05, 0.1) is 23.8 Å². The van der Waals surface area contributed by atoms with Crippen molar-refractivity contribution in [1.82, 2.24) is 14.3 Å². The summed E-state index contributed by atoms with van der Waals surface area (Å²) in [6.45, 7) is 3.04. The molecule has 166 valence electrons. The summed E-state index contributed by atoms with van der Waals surface area (Å²) in [7, 11) is -3.76. The van der Waals surface area contributed by atoms with Gasteiger partial charge in [-0.3, -0.25) is 0 Å². The van der Waals surface area contributed by atoms with Crippen LogP contribution in [0.2, 0.25) is 0 Å². The number of aromatic nitrogens is 2. The van der Waals surface area contributed by atoms with Crippen molar-refractivity contribution in [3.8, 4) is 11.4 Å². The first kappa shape index (κ1) is 21.0. The number of hydrogen-bond acceptors (Lipinski definition) is 6. The number of morpholine rings is 1. The number of rotatable bonds is 4. The quantitative estimate of drug-likeness (QED) is 0.604. The van der Waals surface area contributed by atoms with Gasteiger partial charge in [-0.1, -0.05) is 30.3 Å². The Hall–Kier alpha value is -2.88. The summed E-state index contributed by atoms with van der Waals surface area (Å²) in [6, 6.07) is 14.7. The molecular formula is C23H23FN4O3S. The minimum Gasteiger partial charge on any atom is -0.378 e. The summed E-state index contributed by atoms with van der Waals surface area (Å²) in [5.41, 5.74) is 2.61. The highest BCUT2D eigenvalue weighted by atomic mass is 32.2. The molecule has 5 rings (SSSR count). The van der Waals surface area contributed by atoms with E-state index in [-0.39, 0.29) is 11.4 Å².